The van der Waals surface area contributed by atoms with Crippen LogP contribution in [0.3, 0.4) is 0 Å². The van der Waals surface area contributed by atoms with E-state index in [1.54, 1.807) is 0 Å². The van der Waals surface area contributed by atoms with E-state index in [-0.39, 0.29) is 6.04 Å². The molecule has 0 radical (unpaired) electrons. The van der Waals surface area contributed by atoms with Crippen molar-refractivity contribution in [1.82, 2.24) is 0 Å². The minimum atomic E-state index is 0.123. The fourth-order valence-electron chi connectivity index (χ4n) is 3.08. The molecule has 1 aromatic carbocycles. The molecule has 0 aliphatic heterocycles. The molecule has 0 saturated heterocycles. The van der Waals surface area contributed by atoms with Crippen LogP contribution < -0.4 is 10.6 Å². The maximum atomic E-state index is 5.89. The summed E-state index contributed by atoms with van der Waals surface area (Å²) >= 11 is 0. The Morgan fingerprint density at radius 2 is 1.78 bits per heavy atom. The predicted octanol–water partition coefficient (Wildman–Crippen LogP) is 3.72. The Bertz CT molecular complexity index is 369. The van der Waals surface area contributed by atoms with Gasteiger partial charge in [-0.3, -0.25) is 0 Å². The summed E-state index contributed by atoms with van der Waals surface area (Å²) in [4.78, 5) is 2.45. The molecule has 1 fully saturated rings. The molecule has 0 amide bonds. The molecule has 2 unspecified atom stereocenters. The fraction of sp³-hybridized carbons (Fsp3) is 0.625. The molecule has 3 atom stereocenters. The van der Waals surface area contributed by atoms with Crippen LogP contribution in [-0.2, 0) is 0 Å². The number of benzene rings is 1. The van der Waals surface area contributed by atoms with E-state index >= 15 is 0 Å². The fourth-order valence-corrected chi connectivity index (χ4v) is 3.08. The van der Waals surface area contributed by atoms with Gasteiger partial charge in [-0.05, 0) is 43.4 Å². The van der Waals surface area contributed by atoms with Gasteiger partial charge in [0.1, 0.15) is 0 Å². The summed E-state index contributed by atoms with van der Waals surface area (Å²) in [5.74, 6) is 0.803. The lowest BCUT2D eigenvalue weighted by atomic mass is 9.85. The van der Waals surface area contributed by atoms with Crippen molar-refractivity contribution in [1.29, 1.82) is 0 Å². The number of hydrogen-bond acceptors (Lipinski definition) is 2. The van der Waals surface area contributed by atoms with E-state index in [9.17, 15) is 0 Å². The first-order valence-corrected chi connectivity index (χ1v) is 7.18. The monoisotopic (exact) mass is 246 g/mol. The van der Waals surface area contributed by atoms with Crippen molar-refractivity contribution >= 4 is 5.69 Å². The van der Waals surface area contributed by atoms with Crippen molar-refractivity contribution in [3.05, 3.63) is 29.8 Å². The van der Waals surface area contributed by atoms with Crippen LogP contribution in [-0.4, -0.2) is 13.1 Å². The summed E-state index contributed by atoms with van der Waals surface area (Å²) in [5.41, 5.74) is 8.42. The van der Waals surface area contributed by atoms with Crippen LogP contribution in [0.15, 0.2) is 24.3 Å². The molecule has 0 aromatic heterocycles. The quantitative estimate of drug-likeness (QED) is 0.880. The number of nitrogens with zero attached hydrogens (tertiary/aromatic N) is 1. The summed E-state index contributed by atoms with van der Waals surface area (Å²) in [6.45, 7) is 4.42. The molecule has 2 heteroatoms. The van der Waals surface area contributed by atoms with Crippen LogP contribution >= 0.6 is 0 Å². The molecular formula is C16H26N2. The molecule has 1 aliphatic carbocycles. The SMILES string of the molecule is CC1CCCCC1N(C)c1ccc([C@@H](C)N)cc1. The van der Waals surface area contributed by atoms with Gasteiger partial charge in [-0.1, -0.05) is 31.9 Å². The lowest BCUT2D eigenvalue weighted by Crippen LogP contribution is -2.38. The Morgan fingerprint density at radius 3 is 2.33 bits per heavy atom. The third kappa shape index (κ3) is 2.86. The second-order valence-electron chi connectivity index (χ2n) is 5.82. The zero-order valence-corrected chi connectivity index (χ0v) is 11.9. The highest BCUT2D eigenvalue weighted by Gasteiger charge is 2.25. The molecule has 1 saturated carbocycles. The van der Waals surface area contributed by atoms with Gasteiger partial charge in [-0.15, -0.1) is 0 Å². The average Bonchev–Trinajstić information content (AvgIpc) is 2.38. The van der Waals surface area contributed by atoms with Crippen LogP contribution in [0.2, 0.25) is 0 Å². The highest BCUT2D eigenvalue weighted by Crippen LogP contribution is 2.30. The van der Waals surface area contributed by atoms with Crippen LogP contribution in [0.5, 0.6) is 0 Å². The van der Waals surface area contributed by atoms with Gasteiger partial charge in [-0.25, -0.2) is 0 Å². The van der Waals surface area contributed by atoms with E-state index in [1.807, 2.05) is 6.92 Å². The van der Waals surface area contributed by atoms with E-state index in [4.69, 9.17) is 5.73 Å². The smallest absolute Gasteiger partial charge is 0.0366 e. The van der Waals surface area contributed by atoms with Crippen molar-refractivity contribution in [3.8, 4) is 0 Å². The van der Waals surface area contributed by atoms with Gasteiger partial charge < -0.3 is 10.6 Å². The lowest BCUT2D eigenvalue weighted by molar-refractivity contribution is 0.321. The highest BCUT2D eigenvalue weighted by molar-refractivity contribution is 5.48. The number of rotatable bonds is 3. The molecule has 0 bridgehead atoms. The Labute approximate surface area is 111 Å². The molecule has 18 heavy (non-hydrogen) atoms. The van der Waals surface area contributed by atoms with Crippen molar-refractivity contribution in [2.24, 2.45) is 11.7 Å². The van der Waals surface area contributed by atoms with Gasteiger partial charge in [0.25, 0.3) is 0 Å². The summed E-state index contributed by atoms with van der Waals surface area (Å²) in [5, 5.41) is 0. The molecule has 2 rings (SSSR count). The zero-order chi connectivity index (χ0) is 13.1. The van der Waals surface area contributed by atoms with Gasteiger partial charge in [-0.2, -0.15) is 0 Å². The maximum Gasteiger partial charge on any atom is 0.0366 e. The van der Waals surface area contributed by atoms with Crippen LogP contribution in [0.25, 0.3) is 0 Å². The van der Waals surface area contributed by atoms with Gasteiger partial charge in [0.15, 0.2) is 0 Å². The summed E-state index contributed by atoms with van der Waals surface area (Å²) in [7, 11) is 2.23. The van der Waals surface area contributed by atoms with Crippen molar-refractivity contribution in [2.75, 3.05) is 11.9 Å². The van der Waals surface area contributed by atoms with Crippen molar-refractivity contribution in [3.63, 3.8) is 0 Å². The first kappa shape index (κ1) is 13.4. The molecule has 2 N–H and O–H groups in total. The van der Waals surface area contributed by atoms with Crippen LogP contribution in [0.1, 0.15) is 51.1 Å². The molecule has 0 spiro atoms. The Kier molecular flexibility index (Phi) is 4.28. The van der Waals surface area contributed by atoms with E-state index in [0.29, 0.717) is 6.04 Å². The lowest BCUT2D eigenvalue weighted by Gasteiger charge is -2.37. The summed E-state index contributed by atoms with van der Waals surface area (Å²) < 4.78 is 0. The molecule has 0 heterocycles. The number of anilines is 1. The number of hydrogen-bond donors (Lipinski definition) is 1. The largest absolute Gasteiger partial charge is 0.371 e. The molecule has 1 aromatic rings. The highest BCUT2D eigenvalue weighted by atomic mass is 15.1. The van der Waals surface area contributed by atoms with Gasteiger partial charge in [0.2, 0.25) is 0 Å². The van der Waals surface area contributed by atoms with E-state index < -0.39 is 0 Å². The molecule has 100 valence electrons. The standard InChI is InChI=1S/C16H26N2/c1-12-6-4-5-7-16(12)18(3)15-10-8-14(9-11-15)13(2)17/h8-13,16H,4-7,17H2,1-3H3/t12?,13-,16?/m1/s1. The Hall–Kier alpha value is -1.02. The van der Waals surface area contributed by atoms with E-state index in [1.165, 1.54) is 36.9 Å². The maximum absolute atomic E-state index is 5.89. The second-order valence-corrected chi connectivity index (χ2v) is 5.82. The first-order chi connectivity index (χ1) is 8.59. The minimum Gasteiger partial charge on any atom is -0.371 e. The van der Waals surface area contributed by atoms with E-state index in [0.717, 1.165) is 5.92 Å². The molecule has 1 aliphatic rings. The summed E-state index contributed by atoms with van der Waals surface area (Å²) in [6.07, 6.45) is 5.46. The zero-order valence-electron chi connectivity index (χ0n) is 11.9. The summed E-state index contributed by atoms with van der Waals surface area (Å²) in [6, 6.07) is 9.55. The average molecular weight is 246 g/mol. The van der Waals surface area contributed by atoms with Crippen LogP contribution in [0.4, 0.5) is 5.69 Å². The van der Waals surface area contributed by atoms with E-state index in [2.05, 4.69) is 43.1 Å². The second kappa shape index (κ2) is 5.75. The number of nitrogens with two attached hydrogens (primary N) is 1. The van der Waals surface area contributed by atoms with Crippen LogP contribution in [0, 0.1) is 5.92 Å². The van der Waals surface area contributed by atoms with Gasteiger partial charge in [0.05, 0.1) is 0 Å². The topological polar surface area (TPSA) is 29.3 Å². The Balaban J connectivity index is 2.10. The first-order valence-electron chi connectivity index (χ1n) is 7.18. The predicted molar refractivity (Wildman–Crippen MR) is 78.9 cm³/mol. The normalized spacial score (nSPS) is 25.8. The third-order valence-electron chi connectivity index (χ3n) is 4.39. The van der Waals surface area contributed by atoms with Gasteiger partial charge >= 0.3 is 0 Å². The molecule has 2 nitrogen and oxygen atoms in total. The minimum absolute atomic E-state index is 0.123. The van der Waals surface area contributed by atoms with Gasteiger partial charge in [0, 0.05) is 24.8 Å². The molecular weight excluding hydrogens is 220 g/mol. The Morgan fingerprint density at radius 1 is 1.17 bits per heavy atom. The van der Waals surface area contributed by atoms with Crippen molar-refractivity contribution in [2.45, 2.75) is 51.6 Å². The third-order valence-corrected chi connectivity index (χ3v) is 4.39. The van der Waals surface area contributed by atoms with Crippen molar-refractivity contribution < 1.29 is 0 Å².